The number of nitrogens with one attached hydrogen (secondary N) is 2. The maximum absolute atomic E-state index is 12.6. The number of hydrazone groups is 1. The van der Waals surface area contributed by atoms with E-state index in [-0.39, 0.29) is 29.2 Å². The summed E-state index contributed by atoms with van der Waals surface area (Å²) in [7, 11) is -1.27. The maximum Gasteiger partial charge on any atom is 0.369 e. The number of carbonyl (C=O) groups excluding carboxylic acids is 1. The molecule has 2 N–H and O–H groups in total. The van der Waals surface area contributed by atoms with Crippen LogP contribution < -0.4 is 19.6 Å². The average molecular weight is 434 g/mol. The molecule has 0 amide bonds. The van der Waals surface area contributed by atoms with Gasteiger partial charge in [-0.2, -0.15) is 20.3 Å². The highest BCUT2D eigenvalue weighted by molar-refractivity contribution is 7.92. The zero-order valence-electron chi connectivity index (χ0n) is 16.2. The quantitative estimate of drug-likeness (QED) is 0.332. The van der Waals surface area contributed by atoms with Gasteiger partial charge in [0, 0.05) is 6.07 Å². The molecule has 0 aliphatic carbocycles. The van der Waals surface area contributed by atoms with E-state index in [2.05, 4.69) is 30.0 Å². The third kappa shape index (κ3) is 5.79. The number of nitriles is 1. The van der Waals surface area contributed by atoms with Gasteiger partial charge >= 0.3 is 12.0 Å². The molecule has 0 saturated heterocycles. The smallest absolute Gasteiger partial charge is 0.369 e. The Balaban J connectivity index is 2.17. The number of methoxy groups -OCH3 is 2. The van der Waals surface area contributed by atoms with Gasteiger partial charge in [-0.3, -0.25) is 10.1 Å². The van der Waals surface area contributed by atoms with Gasteiger partial charge in [0.1, 0.15) is 6.07 Å². The summed E-state index contributed by atoms with van der Waals surface area (Å²) >= 11 is 0. The molecule has 0 aliphatic heterocycles. The van der Waals surface area contributed by atoms with Crippen molar-refractivity contribution >= 4 is 33.2 Å². The molecule has 13 heteroatoms. The first-order valence-electron chi connectivity index (χ1n) is 8.33. The van der Waals surface area contributed by atoms with Crippen LogP contribution in [0.15, 0.2) is 40.3 Å². The van der Waals surface area contributed by atoms with E-state index in [1.54, 1.807) is 13.0 Å². The SMILES string of the molecule is CCOC(=O)C(C#N)=NNc1ccc(S(=O)(=O)Nc2cc(OC)nc(OC)n2)cc1. The van der Waals surface area contributed by atoms with Gasteiger partial charge in [0.2, 0.25) is 11.6 Å². The Kier molecular flexibility index (Phi) is 7.48. The van der Waals surface area contributed by atoms with Crippen LogP contribution in [0, 0.1) is 11.3 Å². The number of anilines is 2. The molecule has 30 heavy (non-hydrogen) atoms. The Morgan fingerprint density at radius 2 is 1.90 bits per heavy atom. The summed E-state index contributed by atoms with van der Waals surface area (Å²) in [5.74, 6) is -0.794. The molecule has 0 aliphatic rings. The van der Waals surface area contributed by atoms with E-state index in [0.29, 0.717) is 5.69 Å². The van der Waals surface area contributed by atoms with Crippen molar-refractivity contribution in [1.82, 2.24) is 9.97 Å². The van der Waals surface area contributed by atoms with Gasteiger partial charge < -0.3 is 14.2 Å². The molecular weight excluding hydrogens is 416 g/mol. The van der Waals surface area contributed by atoms with Crippen LogP contribution in [0.5, 0.6) is 11.9 Å². The number of ether oxygens (including phenoxy) is 3. The molecule has 0 unspecified atom stereocenters. The van der Waals surface area contributed by atoms with Crippen LogP contribution in [0.25, 0.3) is 0 Å². The summed E-state index contributed by atoms with van der Waals surface area (Å²) in [6, 6.07) is 8.24. The molecule has 1 aromatic heterocycles. The summed E-state index contributed by atoms with van der Waals surface area (Å²) in [4.78, 5) is 19.2. The molecule has 0 spiro atoms. The highest BCUT2D eigenvalue weighted by Crippen LogP contribution is 2.21. The van der Waals surface area contributed by atoms with Crippen molar-refractivity contribution in [2.24, 2.45) is 5.10 Å². The Labute approximate surface area is 172 Å². The Morgan fingerprint density at radius 3 is 2.47 bits per heavy atom. The number of hydrogen-bond acceptors (Lipinski definition) is 11. The van der Waals surface area contributed by atoms with Gasteiger partial charge in [-0.15, -0.1) is 0 Å². The fourth-order valence-corrected chi connectivity index (χ4v) is 2.99. The molecule has 2 aromatic rings. The van der Waals surface area contributed by atoms with Crippen LogP contribution in [-0.4, -0.2) is 50.9 Å². The number of benzene rings is 1. The minimum Gasteiger partial charge on any atom is -0.481 e. The van der Waals surface area contributed by atoms with Crippen molar-refractivity contribution in [3.8, 4) is 18.0 Å². The van der Waals surface area contributed by atoms with Crippen LogP contribution in [0.3, 0.4) is 0 Å². The second-order valence-corrected chi connectivity index (χ2v) is 7.00. The number of sulfonamides is 1. The first-order chi connectivity index (χ1) is 14.3. The Morgan fingerprint density at radius 1 is 1.20 bits per heavy atom. The van der Waals surface area contributed by atoms with Crippen molar-refractivity contribution in [3.05, 3.63) is 30.3 Å². The minimum absolute atomic E-state index is 0.0430. The minimum atomic E-state index is -3.98. The van der Waals surface area contributed by atoms with Crippen molar-refractivity contribution in [2.75, 3.05) is 31.0 Å². The van der Waals surface area contributed by atoms with E-state index >= 15 is 0 Å². The lowest BCUT2D eigenvalue weighted by Gasteiger charge is -2.10. The third-order valence-corrected chi connectivity index (χ3v) is 4.72. The number of esters is 1. The van der Waals surface area contributed by atoms with E-state index in [1.807, 2.05) is 0 Å². The van der Waals surface area contributed by atoms with Gasteiger partial charge in [0.05, 0.1) is 31.4 Å². The second kappa shape index (κ2) is 10.0. The molecule has 0 fully saturated rings. The summed E-state index contributed by atoms with van der Waals surface area (Å²) in [5.41, 5.74) is 2.36. The molecule has 1 aromatic carbocycles. The van der Waals surface area contributed by atoms with Gasteiger partial charge in [-0.1, -0.05) is 0 Å². The van der Waals surface area contributed by atoms with Crippen LogP contribution in [0.4, 0.5) is 11.5 Å². The van der Waals surface area contributed by atoms with E-state index in [0.717, 1.165) is 0 Å². The predicted octanol–water partition coefficient (Wildman–Crippen LogP) is 1.15. The standard InChI is InChI=1S/C17H18N6O6S/c1-4-29-16(24)13(10-18)22-21-11-5-7-12(8-6-11)30(25,26)23-14-9-15(27-2)20-17(19-14)28-3/h5-9,21H,4H2,1-3H3,(H,19,20,23). The summed E-state index contributed by atoms with van der Waals surface area (Å²) < 4.78 is 42.0. The lowest BCUT2D eigenvalue weighted by atomic mass is 10.3. The number of hydrogen-bond donors (Lipinski definition) is 2. The molecule has 0 saturated carbocycles. The summed E-state index contributed by atoms with van der Waals surface area (Å²) in [6.45, 7) is 1.70. The predicted molar refractivity (Wildman–Crippen MR) is 106 cm³/mol. The van der Waals surface area contributed by atoms with Crippen molar-refractivity contribution in [1.29, 1.82) is 5.26 Å². The second-order valence-electron chi connectivity index (χ2n) is 5.32. The molecule has 0 bridgehead atoms. The van der Waals surface area contributed by atoms with Gasteiger partial charge in [-0.05, 0) is 31.2 Å². The topological polar surface area (TPSA) is 165 Å². The lowest BCUT2D eigenvalue weighted by Crippen LogP contribution is -2.17. The zero-order valence-corrected chi connectivity index (χ0v) is 17.1. The van der Waals surface area contributed by atoms with Gasteiger partial charge in [0.25, 0.3) is 10.0 Å². The Hall–Kier alpha value is -3.92. The maximum atomic E-state index is 12.6. The summed E-state index contributed by atoms with van der Waals surface area (Å²) in [5, 5.41) is 12.6. The lowest BCUT2D eigenvalue weighted by molar-refractivity contribution is -0.134. The molecule has 12 nitrogen and oxygen atoms in total. The number of nitrogens with zero attached hydrogens (tertiary/aromatic N) is 4. The average Bonchev–Trinajstić information content (AvgIpc) is 2.74. The summed E-state index contributed by atoms with van der Waals surface area (Å²) in [6.07, 6.45) is 0. The third-order valence-electron chi connectivity index (χ3n) is 3.35. The highest BCUT2D eigenvalue weighted by atomic mass is 32.2. The monoisotopic (exact) mass is 434 g/mol. The molecule has 158 valence electrons. The number of rotatable bonds is 9. The van der Waals surface area contributed by atoms with Gasteiger partial charge in [-0.25, -0.2) is 13.2 Å². The molecule has 0 atom stereocenters. The van der Waals surface area contributed by atoms with E-state index in [1.165, 1.54) is 44.6 Å². The van der Waals surface area contributed by atoms with Crippen molar-refractivity contribution < 1.29 is 27.4 Å². The first-order valence-corrected chi connectivity index (χ1v) is 9.82. The molecule has 0 radical (unpaired) electrons. The van der Waals surface area contributed by atoms with Crippen molar-refractivity contribution in [3.63, 3.8) is 0 Å². The van der Waals surface area contributed by atoms with E-state index < -0.39 is 21.7 Å². The number of carbonyl (C=O) groups is 1. The first kappa shape index (κ1) is 22.4. The van der Waals surface area contributed by atoms with E-state index in [9.17, 15) is 13.2 Å². The molecule has 2 rings (SSSR count). The van der Waals surface area contributed by atoms with Crippen LogP contribution in [0.2, 0.25) is 0 Å². The van der Waals surface area contributed by atoms with Crippen molar-refractivity contribution in [2.45, 2.75) is 11.8 Å². The number of aromatic nitrogens is 2. The van der Waals surface area contributed by atoms with E-state index in [4.69, 9.17) is 14.7 Å². The largest absolute Gasteiger partial charge is 0.481 e. The molecular formula is C17H18N6O6S. The fourth-order valence-electron chi connectivity index (χ4n) is 1.99. The Bertz CT molecular complexity index is 1060. The zero-order chi connectivity index (χ0) is 22.1. The van der Waals surface area contributed by atoms with Crippen LogP contribution in [-0.2, 0) is 19.6 Å². The molecule has 1 heterocycles. The van der Waals surface area contributed by atoms with Gasteiger partial charge in [0.15, 0.2) is 5.82 Å². The normalized spacial score (nSPS) is 11.2. The fraction of sp³-hybridized carbons (Fsp3) is 0.235. The van der Waals surface area contributed by atoms with Crippen LogP contribution in [0.1, 0.15) is 6.92 Å². The highest BCUT2D eigenvalue weighted by Gasteiger charge is 2.17. The van der Waals surface area contributed by atoms with Crippen LogP contribution >= 0.6 is 0 Å².